The van der Waals surface area contributed by atoms with Crippen LogP contribution in [0.25, 0.3) is 10.9 Å². The third kappa shape index (κ3) is 20.7. The number of carbonyl (C=O) groups excluding carboxylic acids is 9. The van der Waals surface area contributed by atoms with Crippen LogP contribution in [0.3, 0.4) is 0 Å². The normalized spacial score (nSPS) is 21.0. The van der Waals surface area contributed by atoms with Crippen LogP contribution in [0.5, 0.6) is 0 Å². The van der Waals surface area contributed by atoms with E-state index in [1.807, 2.05) is 18.2 Å². The second-order valence-corrected chi connectivity index (χ2v) is 19.1. The molecule has 3 aromatic rings. The van der Waals surface area contributed by atoms with Crippen LogP contribution in [-0.2, 0) is 56.0 Å². The minimum atomic E-state index is -1.49. The lowest BCUT2D eigenvalue weighted by molar-refractivity contribution is -0.136. The van der Waals surface area contributed by atoms with E-state index >= 15 is 0 Å². The molecule has 2 heterocycles. The molecule has 0 unspecified atom stereocenters. The Kier molecular flexibility index (Phi) is 24.7. The number of thioether (sulfide) groups is 1. The van der Waals surface area contributed by atoms with Gasteiger partial charge >= 0.3 is 0 Å². The van der Waals surface area contributed by atoms with Gasteiger partial charge < -0.3 is 76.2 Å². The monoisotopic (exact) mass is 1080 g/mol. The Balaban J connectivity index is 1.78. The van der Waals surface area contributed by atoms with E-state index < -0.39 is 101 Å². The fourth-order valence-corrected chi connectivity index (χ4v) is 8.65. The van der Waals surface area contributed by atoms with Crippen molar-refractivity contribution in [3.8, 4) is 0 Å². The van der Waals surface area contributed by atoms with Crippen LogP contribution in [0.4, 0.5) is 4.39 Å². The first-order valence-electron chi connectivity index (χ1n) is 24.8. The number of amides is 9. The van der Waals surface area contributed by atoms with E-state index in [1.54, 1.807) is 18.5 Å². The van der Waals surface area contributed by atoms with Crippen molar-refractivity contribution >= 4 is 87.7 Å². The van der Waals surface area contributed by atoms with Crippen molar-refractivity contribution in [3.05, 3.63) is 71.7 Å². The summed E-state index contributed by atoms with van der Waals surface area (Å²) in [5.74, 6) is -7.75. The van der Waals surface area contributed by atoms with Crippen LogP contribution in [0.2, 0.25) is 0 Å². The predicted molar refractivity (Wildman–Crippen MR) is 285 cm³/mol. The summed E-state index contributed by atoms with van der Waals surface area (Å²) in [6, 6.07) is 2.83. The van der Waals surface area contributed by atoms with Crippen LogP contribution in [0, 0.1) is 5.82 Å². The summed E-state index contributed by atoms with van der Waals surface area (Å²) in [5, 5.41) is 22.1. The van der Waals surface area contributed by atoms with Gasteiger partial charge in [-0.05, 0) is 92.7 Å². The van der Waals surface area contributed by atoms with Crippen molar-refractivity contribution in [1.82, 2.24) is 47.5 Å². The van der Waals surface area contributed by atoms with Crippen LogP contribution < -0.4 is 71.2 Å². The molecule has 1 aliphatic heterocycles. The highest BCUT2D eigenvalue weighted by Crippen LogP contribution is 2.20. The summed E-state index contributed by atoms with van der Waals surface area (Å²) >= 11 is 1.34. The molecule has 1 saturated heterocycles. The van der Waals surface area contributed by atoms with Gasteiger partial charge in [0.05, 0.1) is 0 Å². The zero-order valence-corrected chi connectivity index (χ0v) is 43.4. The van der Waals surface area contributed by atoms with Gasteiger partial charge in [-0.25, -0.2) is 4.39 Å². The molecule has 2 aromatic carbocycles. The van der Waals surface area contributed by atoms with E-state index in [2.05, 4.69) is 57.5 Å². The fraction of sp³-hybridized carbons (Fsp3) is 0.490. The maximum atomic E-state index is 14.6. The van der Waals surface area contributed by atoms with E-state index in [1.165, 1.54) is 30.8 Å². The first kappa shape index (κ1) is 60.6. The number of aliphatic imine (C=N–C) groups is 2. The lowest BCUT2D eigenvalue weighted by atomic mass is 10.0. The maximum Gasteiger partial charge on any atom is 0.243 e. The molecular weight excluding hydrogens is 1010 g/mol. The lowest BCUT2D eigenvalue weighted by Crippen LogP contribution is -2.60. The molecular formula is C49H71FN16O9S. The average molecular weight is 1080 g/mol. The Hall–Kier alpha value is -7.97. The summed E-state index contributed by atoms with van der Waals surface area (Å²) in [4.78, 5) is 135. The van der Waals surface area contributed by atoms with E-state index in [0.717, 1.165) is 23.0 Å². The summed E-state index contributed by atoms with van der Waals surface area (Å²) in [6.07, 6.45) is 2.85. The zero-order valence-electron chi connectivity index (χ0n) is 42.6. The average Bonchev–Trinajstić information content (AvgIpc) is 3.78. The third-order valence-corrected chi connectivity index (χ3v) is 12.8. The maximum absolute atomic E-state index is 14.6. The number of nitrogens with two attached hydrogens (primary N) is 5. The number of primary amides is 1. The number of hydrogen-bond acceptors (Lipinski definition) is 12. The molecule has 0 saturated carbocycles. The number of nitrogens with zero attached hydrogens (tertiary/aromatic N) is 2. The van der Waals surface area contributed by atoms with E-state index in [-0.39, 0.29) is 102 Å². The Morgan fingerprint density at radius 2 is 1.33 bits per heavy atom. The van der Waals surface area contributed by atoms with Gasteiger partial charge in [0.1, 0.15) is 48.1 Å². The standard InChI is InChI=1S/C49H71FN16O9S/c1-27(67)60-34(11-6-21-57-48(52)53)42(70)63-36-17-18-40(68)56-20-5-10-33(41(51)69)61-47(75)39(25-29-26-59-32-9-4-3-8-31(29)32)66-43(71)35(12-7-22-58-49(54)55)62-46(74)38(24-28-13-15-30(50)16-14-28)65-45(73)37(19-23-76-2)64-44(36)72/h3-4,8-9,13-16,26,33-39,59H,5-7,10-12,17-25H2,1-2H3,(H2,51,69)(H,56,68)(H,60,67)(H,61,75)(H,62,74)(H,63,70)(H,64,72)(H,65,73)(H,66,71)(H4,52,53,57)(H4,54,55,58)/t33-,34-,35-,36-,37-,38+,39-/m0/s1. The number of halogens is 1. The first-order valence-corrected chi connectivity index (χ1v) is 26.2. The SMILES string of the molecule is CSCC[C@@H]1NC(=O)[C@@H](NC(=O)[C@H](CCCN=C(N)N)NC(C)=O)CCC(=O)NCCC[C@@H](C(N)=O)NC(=O)[C@H](Cc2c[nH]c3ccccc23)NC(=O)[C@H](CCCN=C(N)N)NC(=O)[C@@H](Cc2ccc(F)cc2)NC1=O. The highest BCUT2D eigenvalue weighted by Gasteiger charge is 2.35. The van der Waals surface area contributed by atoms with Gasteiger partial charge in [-0.1, -0.05) is 30.3 Å². The van der Waals surface area contributed by atoms with Crippen LogP contribution in [0.15, 0.2) is 64.7 Å². The second kappa shape index (κ2) is 31.0. The highest BCUT2D eigenvalue weighted by atomic mass is 32.2. The quantitative estimate of drug-likeness (QED) is 0.0337. The largest absolute Gasteiger partial charge is 0.370 e. The van der Waals surface area contributed by atoms with Crippen LogP contribution in [0.1, 0.15) is 75.8 Å². The molecule has 19 N–H and O–H groups in total. The number of para-hydroxylation sites is 1. The molecule has 9 amide bonds. The Bertz CT molecular complexity index is 2560. The fourth-order valence-electron chi connectivity index (χ4n) is 8.18. The highest BCUT2D eigenvalue weighted by molar-refractivity contribution is 7.98. The third-order valence-electron chi connectivity index (χ3n) is 12.1. The molecule has 4 rings (SSSR count). The number of guanidine groups is 2. The molecule has 27 heteroatoms. The summed E-state index contributed by atoms with van der Waals surface area (Å²) < 4.78 is 14.2. The van der Waals surface area contributed by atoms with Crippen molar-refractivity contribution in [2.45, 2.75) is 120 Å². The topological polar surface area (TPSA) is 420 Å². The Morgan fingerprint density at radius 1 is 0.737 bits per heavy atom. The van der Waals surface area contributed by atoms with Gasteiger partial charge in [0.2, 0.25) is 53.2 Å². The minimum absolute atomic E-state index is 0.00604. The van der Waals surface area contributed by atoms with E-state index in [0.29, 0.717) is 16.9 Å². The predicted octanol–water partition coefficient (Wildman–Crippen LogP) is -2.46. The number of aromatic amines is 1. The number of aromatic nitrogens is 1. The number of benzene rings is 2. The lowest BCUT2D eigenvalue weighted by Gasteiger charge is -2.28. The first-order chi connectivity index (χ1) is 36.2. The van der Waals surface area contributed by atoms with Gasteiger partial charge in [0, 0.05) is 62.9 Å². The van der Waals surface area contributed by atoms with Crippen molar-refractivity contribution in [2.75, 3.05) is 31.6 Å². The molecule has 0 radical (unpaired) electrons. The molecule has 414 valence electrons. The summed E-state index contributed by atoms with van der Waals surface area (Å²) in [5.41, 5.74) is 29.5. The molecule has 0 aliphatic carbocycles. The van der Waals surface area contributed by atoms with Gasteiger partial charge in [0.25, 0.3) is 0 Å². The number of carbonyl (C=O) groups is 9. The minimum Gasteiger partial charge on any atom is -0.370 e. The molecule has 1 aromatic heterocycles. The molecule has 0 spiro atoms. The molecule has 0 bridgehead atoms. The number of H-pyrrole nitrogens is 1. The van der Waals surface area contributed by atoms with Gasteiger partial charge in [-0.2, -0.15) is 11.8 Å². The Morgan fingerprint density at radius 3 is 1.97 bits per heavy atom. The van der Waals surface area contributed by atoms with Gasteiger partial charge in [-0.3, -0.25) is 53.1 Å². The molecule has 1 aliphatic rings. The van der Waals surface area contributed by atoms with Gasteiger partial charge in [0.15, 0.2) is 11.9 Å². The van der Waals surface area contributed by atoms with Gasteiger partial charge in [-0.15, -0.1) is 0 Å². The number of rotatable bonds is 19. The molecule has 1 fully saturated rings. The zero-order chi connectivity index (χ0) is 55.7. The summed E-state index contributed by atoms with van der Waals surface area (Å²) in [6.45, 7) is 1.33. The summed E-state index contributed by atoms with van der Waals surface area (Å²) in [7, 11) is 0. The van der Waals surface area contributed by atoms with Crippen LogP contribution >= 0.6 is 11.8 Å². The number of nitrogens with one attached hydrogen (secondary N) is 9. The number of hydrogen-bond donors (Lipinski definition) is 14. The molecule has 7 atom stereocenters. The van der Waals surface area contributed by atoms with Crippen molar-refractivity contribution < 1.29 is 47.5 Å². The Labute approximate surface area is 443 Å². The van der Waals surface area contributed by atoms with E-state index in [4.69, 9.17) is 28.7 Å². The number of fused-ring (bicyclic) bond motifs is 1. The van der Waals surface area contributed by atoms with E-state index in [9.17, 15) is 47.5 Å². The van der Waals surface area contributed by atoms with Crippen molar-refractivity contribution in [3.63, 3.8) is 0 Å². The molecule has 25 nitrogen and oxygen atoms in total. The molecule has 76 heavy (non-hydrogen) atoms. The van der Waals surface area contributed by atoms with Crippen molar-refractivity contribution in [1.29, 1.82) is 0 Å². The smallest absolute Gasteiger partial charge is 0.243 e. The van der Waals surface area contributed by atoms with Crippen LogP contribution in [-0.4, -0.2) is 144 Å². The van der Waals surface area contributed by atoms with Crippen molar-refractivity contribution in [2.24, 2.45) is 38.7 Å². The second-order valence-electron chi connectivity index (χ2n) is 18.1.